The summed E-state index contributed by atoms with van der Waals surface area (Å²) in [6, 6.07) is 0. The lowest BCUT2D eigenvalue weighted by Crippen LogP contribution is -2.28. The molecule has 0 saturated heterocycles. The molecule has 2 heteroatoms. The van der Waals surface area contributed by atoms with E-state index in [-0.39, 0.29) is 5.91 Å². The van der Waals surface area contributed by atoms with E-state index in [1.807, 2.05) is 18.9 Å². The van der Waals surface area contributed by atoms with Crippen LogP contribution in [0.1, 0.15) is 39.0 Å². The normalized spacial score (nSPS) is 32.5. The van der Waals surface area contributed by atoms with E-state index in [4.69, 9.17) is 0 Å². The Kier molecular flexibility index (Phi) is 3.67. The fourth-order valence-corrected chi connectivity index (χ4v) is 2.99. The van der Waals surface area contributed by atoms with E-state index in [9.17, 15) is 4.79 Å². The predicted octanol–water partition coefficient (Wildman–Crippen LogP) is 2.85. The number of amides is 1. The van der Waals surface area contributed by atoms with Crippen LogP contribution in [-0.2, 0) is 4.79 Å². The van der Waals surface area contributed by atoms with E-state index in [0.717, 1.165) is 24.3 Å². The molecule has 0 heterocycles. The monoisotopic (exact) mass is 221 g/mol. The van der Waals surface area contributed by atoms with E-state index < -0.39 is 0 Å². The summed E-state index contributed by atoms with van der Waals surface area (Å²) in [6.45, 7) is 2.92. The van der Waals surface area contributed by atoms with Crippen LogP contribution in [0.2, 0.25) is 0 Å². The van der Waals surface area contributed by atoms with Gasteiger partial charge in [0.15, 0.2) is 0 Å². The minimum atomic E-state index is 0.286. The summed E-state index contributed by atoms with van der Waals surface area (Å²) in [5, 5.41) is 0. The van der Waals surface area contributed by atoms with Crippen LogP contribution in [-0.4, -0.2) is 24.4 Å². The minimum absolute atomic E-state index is 0.286. The summed E-state index contributed by atoms with van der Waals surface area (Å²) in [6.07, 6.45) is 10.5. The van der Waals surface area contributed by atoms with E-state index >= 15 is 0 Å². The van der Waals surface area contributed by atoms with Crippen LogP contribution >= 0.6 is 0 Å². The Morgan fingerprint density at radius 2 is 2.25 bits per heavy atom. The van der Waals surface area contributed by atoms with Gasteiger partial charge in [0.05, 0.1) is 0 Å². The van der Waals surface area contributed by atoms with Gasteiger partial charge in [-0.3, -0.25) is 4.79 Å². The van der Waals surface area contributed by atoms with Crippen molar-refractivity contribution in [1.82, 2.24) is 4.90 Å². The third-order valence-electron chi connectivity index (χ3n) is 4.13. The van der Waals surface area contributed by atoms with Crippen LogP contribution in [0.3, 0.4) is 0 Å². The molecule has 2 aliphatic carbocycles. The third kappa shape index (κ3) is 2.66. The van der Waals surface area contributed by atoms with E-state index in [1.165, 1.54) is 25.7 Å². The molecule has 0 aliphatic heterocycles. The Bertz CT molecular complexity index is 284. The van der Waals surface area contributed by atoms with Crippen molar-refractivity contribution < 1.29 is 4.79 Å². The molecule has 2 rings (SSSR count). The fraction of sp³-hybridized carbons (Fsp3) is 0.786. The molecule has 0 N–H and O–H groups in total. The molecule has 3 unspecified atom stereocenters. The van der Waals surface area contributed by atoms with Gasteiger partial charge in [0.25, 0.3) is 0 Å². The second-order valence-electron chi connectivity index (χ2n) is 5.33. The predicted molar refractivity (Wildman–Crippen MR) is 66.0 cm³/mol. The van der Waals surface area contributed by atoms with Gasteiger partial charge in [-0.15, -0.1) is 0 Å². The molecular formula is C14H23NO. The molecule has 0 bridgehead atoms. The van der Waals surface area contributed by atoms with Gasteiger partial charge in [0.2, 0.25) is 5.91 Å². The van der Waals surface area contributed by atoms with Crippen molar-refractivity contribution in [3.8, 4) is 0 Å². The molecule has 2 nitrogen and oxygen atoms in total. The van der Waals surface area contributed by atoms with Gasteiger partial charge < -0.3 is 4.90 Å². The molecular weight excluding hydrogens is 198 g/mol. The summed E-state index contributed by atoms with van der Waals surface area (Å²) in [4.78, 5) is 13.4. The lowest BCUT2D eigenvalue weighted by molar-refractivity contribution is -0.129. The Balaban J connectivity index is 1.74. The zero-order valence-electron chi connectivity index (χ0n) is 10.5. The quantitative estimate of drug-likeness (QED) is 0.668. The number of hydrogen-bond acceptors (Lipinski definition) is 1. The number of rotatable bonds is 4. The molecule has 1 amide bonds. The van der Waals surface area contributed by atoms with Crippen LogP contribution < -0.4 is 0 Å². The van der Waals surface area contributed by atoms with Crippen LogP contribution in [0.15, 0.2) is 12.2 Å². The molecule has 16 heavy (non-hydrogen) atoms. The molecule has 1 saturated carbocycles. The molecule has 0 aromatic heterocycles. The molecule has 0 aromatic carbocycles. The fourth-order valence-electron chi connectivity index (χ4n) is 2.99. The van der Waals surface area contributed by atoms with Crippen molar-refractivity contribution in [2.45, 2.75) is 39.0 Å². The number of allylic oxidation sites excluding steroid dienone is 2. The topological polar surface area (TPSA) is 20.3 Å². The Morgan fingerprint density at radius 3 is 2.88 bits per heavy atom. The summed E-state index contributed by atoms with van der Waals surface area (Å²) in [5.41, 5.74) is 0. The van der Waals surface area contributed by atoms with Crippen LogP contribution in [0, 0.1) is 17.8 Å². The molecule has 1 fully saturated rings. The molecule has 3 atom stereocenters. The van der Waals surface area contributed by atoms with Gasteiger partial charge in [0.1, 0.15) is 0 Å². The van der Waals surface area contributed by atoms with Gasteiger partial charge >= 0.3 is 0 Å². The van der Waals surface area contributed by atoms with Crippen molar-refractivity contribution in [2.75, 3.05) is 13.6 Å². The van der Waals surface area contributed by atoms with E-state index in [1.54, 1.807) is 0 Å². The highest BCUT2D eigenvalue weighted by Crippen LogP contribution is 2.48. The van der Waals surface area contributed by atoms with Crippen molar-refractivity contribution >= 4 is 5.91 Å². The first-order chi connectivity index (χ1) is 7.72. The minimum Gasteiger partial charge on any atom is -0.345 e. The number of carbonyl (C=O) groups is 1. The van der Waals surface area contributed by atoms with Crippen molar-refractivity contribution in [1.29, 1.82) is 0 Å². The van der Waals surface area contributed by atoms with Crippen LogP contribution in [0.25, 0.3) is 0 Å². The van der Waals surface area contributed by atoms with Gasteiger partial charge in [-0.1, -0.05) is 19.1 Å². The highest BCUT2D eigenvalue weighted by Gasteiger charge is 2.42. The number of carbonyl (C=O) groups excluding carboxylic acids is 1. The smallest absolute Gasteiger partial charge is 0.222 e. The maximum atomic E-state index is 11.5. The van der Waals surface area contributed by atoms with Gasteiger partial charge in [-0.2, -0.15) is 0 Å². The van der Waals surface area contributed by atoms with Gasteiger partial charge in [-0.25, -0.2) is 0 Å². The number of nitrogens with zero attached hydrogens (tertiary/aromatic N) is 1. The first-order valence-electron chi connectivity index (χ1n) is 6.61. The highest BCUT2D eigenvalue weighted by atomic mass is 16.2. The second kappa shape index (κ2) is 5.03. The first kappa shape index (κ1) is 11.7. The molecule has 90 valence electrons. The Hall–Kier alpha value is -0.790. The highest BCUT2D eigenvalue weighted by molar-refractivity contribution is 5.75. The lowest BCUT2D eigenvalue weighted by Gasteiger charge is -2.20. The van der Waals surface area contributed by atoms with Gasteiger partial charge in [-0.05, 0) is 43.4 Å². The summed E-state index contributed by atoms with van der Waals surface area (Å²) < 4.78 is 0. The second-order valence-corrected chi connectivity index (χ2v) is 5.33. The SMILES string of the molecule is CCC(=O)N(C)CC1CC1C1CC=CCC1. The first-order valence-corrected chi connectivity index (χ1v) is 6.61. The number of hydrogen-bond donors (Lipinski definition) is 0. The average Bonchev–Trinajstić information content (AvgIpc) is 3.08. The molecule has 2 aliphatic rings. The zero-order chi connectivity index (χ0) is 11.5. The summed E-state index contributed by atoms with van der Waals surface area (Å²) in [7, 11) is 1.95. The standard InChI is InChI=1S/C14H23NO/c1-3-14(16)15(2)10-12-9-13(12)11-7-5-4-6-8-11/h4-5,11-13H,3,6-10H2,1-2H3. The maximum absolute atomic E-state index is 11.5. The van der Waals surface area contributed by atoms with Crippen LogP contribution in [0.4, 0.5) is 0 Å². The Morgan fingerprint density at radius 1 is 1.44 bits per heavy atom. The van der Waals surface area contributed by atoms with E-state index in [0.29, 0.717) is 6.42 Å². The van der Waals surface area contributed by atoms with Gasteiger partial charge in [0, 0.05) is 20.0 Å². The van der Waals surface area contributed by atoms with Crippen molar-refractivity contribution in [2.24, 2.45) is 17.8 Å². The van der Waals surface area contributed by atoms with E-state index in [2.05, 4.69) is 12.2 Å². The summed E-state index contributed by atoms with van der Waals surface area (Å²) in [5.74, 6) is 2.88. The maximum Gasteiger partial charge on any atom is 0.222 e. The molecule has 0 radical (unpaired) electrons. The van der Waals surface area contributed by atoms with Crippen molar-refractivity contribution in [3.05, 3.63) is 12.2 Å². The molecule has 0 spiro atoms. The Labute approximate surface area is 98.7 Å². The average molecular weight is 221 g/mol. The largest absolute Gasteiger partial charge is 0.345 e. The summed E-state index contributed by atoms with van der Waals surface area (Å²) >= 11 is 0. The van der Waals surface area contributed by atoms with Crippen molar-refractivity contribution in [3.63, 3.8) is 0 Å². The zero-order valence-corrected chi connectivity index (χ0v) is 10.5. The lowest BCUT2D eigenvalue weighted by atomic mass is 9.89. The van der Waals surface area contributed by atoms with Crippen LogP contribution in [0.5, 0.6) is 0 Å². The molecule has 0 aromatic rings. The third-order valence-corrected chi connectivity index (χ3v) is 4.13.